The fraction of sp³-hybridized carbons (Fsp3) is 0. The Kier molecular flexibility index (Phi) is 6.76. The average molecular weight is 319 g/mol. The molecule has 12 heteroatoms. The third-order valence-electron chi connectivity index (χ3n) is 1.28. The normalized spacial score (nSPS) is 14.0. The molecular formula is C6H9O9P2S+. The minimum absolute atomic E-state index is 0.211. The van der Waals surface area contributed by atoms with Gasteiger partial charge >= 0.3 is 26.2 Å². The third-order valence-corrected chi connectivity index (χ3v) is 3.79. The second-order valence-electron chi connectivity index (χ2n) is 2.61. The summed E-state index contributed by atoms with van der Waals surface area (Å²) in [6.45, 7) is 0. The smallest absolute Gasteiger partial charge is 0.320 e. The first-order valence-electron chi connectivity index (χ1n) is 3.96. The van der Waals surface area contributed by atoms with Crippen LogP contribution in [0.4, 0.5) is 0 Å². The molecule has 0 aliphatic carbocycles. The van der Waals surface area contributed by atoms with Gasteiger partial charge in [0.2, 0.25) is 0 Å². The Morgan fingerprint density at radius 3 is 1.89 bits per heavy atom. The van der Waals surface area contributed by atoms with Crippen LogP contribution >= 0.6 is 15.9 Å². The Morgan fingerprint density at radius 2 is 1.56 bits per heavy atom. The van der Waals surface area contributed by atoms with Crippen LogP contribution in [0.25, 0.3) is 0 Å². The zero-order valence-corrected chi connectivity index (χ0v) is 11.1. The summed E-state index contributed by atoms with van der Waals surface area (Å²) in [5, 5.41) is -0.211. The molecule has 1 unspecified atom stereocenters. The predicted octanol–water partition coefficient (Wildman–Crippen LogP) is -0.0549. The van der Waals surface area contributed by atoms with Gasteiger partial charge in [0.1, 0.15) is 0 Å². The van der Waals surface area contributed by atoms with E-state index < -0.39 is 26.2 Å². The molecule has 0 saturated carbocycles. The highest BCUT2D eigenvalue weighted by atomic mass is 32.3. The molecule has 0 amide bonds. The van der Waals surface area contributed by atoms with Crippen LogP contribution in [0.1, 0.15) is 0 Å². The molecule has 1 aromatic rings. The molecule has 0 heterocycles. The molecule has 102 valence electrons. The van der Waals surface area contributed by atoms with E-state index in [2.05, 4.69) is 3.97 Å². The van der Waals surface area contributed by atoms with Gasteiger partial charge in [0.15, 0.2) is 0 Å². The van der Waals surface area contributed by atoms with Crippen molar-refractivity contribution >= 4 is 31.6 Å². The first-order chi connectivity index (χ1) is 8.04. The number of hydrogen-bond acceptors (Lipinski definition) is 5. The van der Waals surface area contributed by atoms with Crippen LogP contribution in [0.15, 0.2) is 30.3 Å². The van der Waals surface area contributed by atoms with Crippen molar-refractivity contribution < 1.29 is 40.8 Å². The summed E-state index contributed by atoms with van der Waals surface area (Å²) in [6, 6.07) is 6.88. The van der Waals surface area contributed by atoms with Gasteiger partial charge in [0.25, 0.3) is 0 Å². The molecule has 1 rings (SSSR count). The maximum Gasteiger partial charge on any atom is 0.692 e. The van der Waals surface area contributed by atoms with E-state index in [1.165, 1.54) is 24.3 Å². The Bertz CT molecular complexity index is 535. The average Bonchev–Trinajstić information content (AvgIpc) is 2.14. The monoisotopic (exact) mass is 319 g/mol. The molecule has 0 saturated heterocycles. The zero-order chi connectivity index (χ0) is 14.4. The van der Waals surface area contributed by atoms with Crippen LogP contribution < -0.4 is 5.30 Å². The first-order valence-corrected chi connectivity index (χ1v) is 8.07. The van der Waals surface area contributed by atoms with Gasteiger partial charge in [0.05, 0.1) is 5.30 Å². The van der Waals surface area contributed by atoms with E-state index in [0.29, 0.717) is 0 Å². The second kappa shape index (κ2) is 7.03. The largest absolute Gasteiger partial charge is 0.692 e. The second-order valence-corrected chi connectivity index (χ2v) is 6.13. The molecule has 1 atom stereocenters. The number of benzene rings is 1. The van der Waals surface area contributed by atoms with Crippen LogP contribution in [0.5, 0.6) is 0 Å². The fourth-order valence-corrected chi connectivity index (χ4v) is 2.70. The summed E-state index contributed by atoms with van der Waals surface area (Å²) in [6.07, 6.45) is 0. The summed E-state index contributed by atoms with van der Waals surface area (Å²) in [5.74, 6) is 0. The van der Waals surface area contributed by atoms with Crippen molar-refractivity contribution in [2.75, 3.05) is 0 Å². The van der Waals surface area contributed by atoms with Crippen LogP contribution in [-0.4, -0.2) is 27.7 Å². The summed E-state index contributed by atoms with van der Waals surface area (Å²) in [5.41, 5.74) is 0. The minimum Gasteiger partial charge on any atom is -0.320 e. The van der Waals surface area contributed by atoms with Crippen molar-refractivity contribution in [1.82, 2.24) is 0 Å². The Hall–Kier alpha value is -0.700. The van der Waals surface area contributed by atoms with Crippen molar-refractivity contribution in [2.45, 2.75) is 0 Å². The van der Waals surface area contributed by atoms with E-state index in [9.17, 15) is 13.0 Å². The van der Waals surface area contributed by atoms with E-state index >= 15 is 0 Å². The maximum atomic E-state index is 11.2. The van der Waals surface area contributed by atoms with Gasteiger partial charge in [0, 0.05) is 4.57 Å². The highest BCUT2D eigenvalue weighted by Gasteiger charge is 2.28. The zero-order valence-electron chi connectivity index (χ0n) is 8.52. The Balaban J connectivity index is 0.000000631. The molecule has 0 aromatic heterocycles. The molecule has 0 aliphatic heterocycles. The molecule has 0 spiro atoms. The molecule has 9 nitrogen and oxygen atoms in total. The number of rotatable bonds is 3. The highest BCUT2D eigenvalue weighted by molar-refractivity contribution is 7.87. The first kappa shape index (κ1) is 17.3. The summed E-state index contributed by atoms with van der Waals surface area (Å²) in [7, 11) is -12.3. The standard InChI is InChI=1S/C6H7O6PS.HO3P/c7-13(8,12-14(9,10)11)6-4-2-1-3-5-6;1-4(2)3/h1-5H,(H,7,8)(H,9,10,11);(H-,1,2,3)/p+1. The number of hydrogen-bond donors (Lipinski definition) is 4. The lowest BCUT2D eigenvalue weighted by molar-refractivity contribution is 0.346. The SMILES string of the molecule is O=P(O)(OS(=O)(=O)O)c1ccccc1.O=[P+](O)O. The van der Waals surface area contributed by atoms with Crippen molar-refractivity contribution in [2.24, 2.45) is 0 Å². The minimum atomic E-state index is -4.94. The van der Waals surface area contributed by atoms with Crippen LogP contribution in [0.2, 0.25) is 0 Å². The maximum absolute atomic E-state index is 11.2. The van der Waals surface area contributed by atoms with E-state index in [1.807, 2.05) is 0 Å². The lowest BCUT2D eigenvalue weighted by Gasteiger charge is -2.08. The third kappa shape index (κ3) is 8.40. The molecule has 0 fully saturated rings. The van der Waals surface area contributed by atoms with Crippen molar-refractivity contribution in [3.05, 3.63) is 30.3 Å². The van der Waals surface area contributed by atoms with E-state index in [0.717, 1.165) is 0 Å². The quantitative estimate of drug-likeness (QED) is 0.442. The van der Waals surface area contributed by atoms with Crippen molar-refractivity contribution in [3.8, 4) is 0 Å². The van der Waals surface area contributed by atoms with Crippen LogP contribution in [0, 0.1) is 0 Å². The summed E-state index contributed by atoms with van der Waals surface area (Å²) in [4.78, 5) is 23.4. The van der Waals surface area contributed by atoms with E-state index in [1.54, 1.807) is 6.07 Å². The molecule has 0 aliphatic rings. The molecular weight excluding hydrogens is 310 g/mol. The molecule has 1 aromatic carbocycles. The van der Waals surface area contributed by atoms with Gasteiger partial charge < -0.3 is 4.89 Å². The van der Waals surface area contributed by atoms with Gasteiger partial charge in [-0.3, -0.25) is 9.12 Å². The van der Waals surface area contributed by atoms with Gasteiger partial charge in [-0.25, -0.2) is 0 Å². The molecule has 0 bridgehead atoms. The summed E-state index contributed by atoms with van der Waals surface area (Å²) >= 11 is 0. The lowest BCUT2D eigenvalue weighted by Crippen LogP contribution is -2.10. The van der Waals surface area contributed by atoms with Crippen molar-refractivity contribution in [1.29, 1.82) is 0 Å². The van der Waals surface area contributed by atoms with Gasteiger partial charge in [-0.15, -0.1) is 9.79 Å². The van der Waals surface area contributed by atoms with E-state index in [4.69, 9.17) is 23.8 Å². The van der Waals surface area contributed by atoms with E-state index in [-0.39, 0.29) is 5.30 Å². The molecule has 4 N–H and O–H groups in total. The van der Waals surface area contributed by atoms with Gasteiger partial charge in [-0.05, 0) is 12.1 Å². The van der Waals surface area contributed by atoms with Crippen LogP contribution in [-0.2, 0) is 23.5 Å². The van der Waals surface area contributed by atoms with Crippen molar-refractivity contribution in [3.63, 3.8) is 0 Å². The topological polar surface area (TPSA) is 158 Å². The van der Waals surface area contributed by atoms with Crippen LogP contribution in [0.3, 0.4) is 0 Å². The highest BCUT2D eigenvalue weighted by Crippen LogP contribution is 2.41. The Labute approximate surface area is 103 Å². The lowest BCUT2D eigenvalue weighted by atomic mass is 10.4. The molecule has 0 radical (unpaired) electrons. The predicted molar refractivity (Wildman–Crippen MR) is 60.6 cm³/mol. The summed E-state index contributed by atoms with van der Waals surface area (Å²) < 4.78 is 52.3. The van der Waals surface area contributed by atoms with Gasteiger partial charge in [-0.2, -0.15) is 12.4 Å². The van der Waals surface area contributed by atoms with Gasteiger partial charge in [-0.1, -0.05) is 18.2 Å². The Morgan fingerprint density at radius 1 is 1.17 bits per heavy atom. The molecule has 18 heavy (non-hydrogen) atoms. The fourth-order valence-electron chi connectivity index (χ4n) is 0.787.